The Morgan fingerprint density at radius 2 is 2.07 bits per heavy atom. The van der Waals surface area contributed by atoms with E-state index in [9.17, 15) is 4.79 Å². The van der Waals surface area contributed by atoms with Crippen molar-refractivity contribution in [2.24, 2.45) is 0 Å². The van der Waals surface area contributed by atoms with Crippen LogP contribution < -0.4 is 10.1 Å². The highest BCUT2D eigenvalue weighted by Gasteiger charge is 2.24. The van der Waals surface area contributed by atoms with Gasteiger partial charge in [-0.25, -0.2) is 4.68 Å². The average molecular weight is 400 g/mol. The molecule has 7 heteroatoms. The Bertz CT molecular complexity index is 985. The minimum absolute atomic E-state index is 0.0584. The summed E-state index contributed by atoms with van der Waals surface area (Å²) in [5.41, 5.74) is 4.01. The van der Waals surface area contributed by atoms with E-state index in [2.05, 4.69) is 10.4 Å². The first-order valence-electron chi connectivity index (χ1n) is 8.54. The molecule has 138 valence electrons. The Balaban J connectivity index is 1.54. The third-order valence-corrected chi connectivity index (χ3v) is 5.46. The number of carbonyl (C=O) groups excluding carboxylic acids is 1. The maximum absolute atomic E-state index is 12.5. The number of hydrogen-bond acceptors (Lipinski definition) is 4. The van der Waals surface area contributed by atoms with Gasteiger partial charge in [0, 0.05) is 22.1 Å². The molecule has 2 heterocycles. The first kappa shape index (κ1) is 17.9. The number of aryl methyl sites for hydroxylation is 1. The van der Waals surface area contributed by atoms with Crippen LogP contribution in [-0.4, -0.2) is 22.3 Å². The van der Waals surface area contributed by atoms with Crippen LogP contribution in [0.5, 0.6) is 5.75 Å². The topological polar surface area (TPSA) is 56.1 Å². The van der Waals surface area contributed by atoms with E-state index in [4.69, 9.17) is 16.3 Å². The molecule has 0 radical (unpaired) electrons. The normalized spacial score (nSPS) is 12.7. The summed E-state index contributed by atoms with van der Waals surface area (Å²) in [5.74, 6) is 2.84. The summed E-state index contributed by atoms with van der Waals surface area (Å²) in [6.45, 7) is 1.93. The van der Waals surface area contributed by atoms with Crippen LogP contribution in [0.4, 0.5) is 5.82 Å². The third-order valence-electron chi connectivity index (χ3n) is 4.24. The molecule has 1 amide bonds. The molecule has 0 bridgehead atoms. The number of nitrogens with zero attached hydrogens (tertiary/aromatic N) is 2. The Morgan fingerprint density at radius 1 is 1.26 bits per heavy atom. The second kappa shape index (κ2) is 7.66. The van der Waals surface area contributed by atoms with Crippen molar-refractivity contribution >= 4 is 35.1 Å². The number of rotatable bonds is 5. The van der Waals surface area contributed by atoms with Crippen LogP contribution in [0, 0.1) is 6.92 Å². The number of aromatic nitrogens is 2. The lowest BCUT2D eigenvalue weighted by Gasteiger charge is -2.12. The molecule has 0 saturated heterocycles. The van der Waals surface area contributed by atoms with Gasteiger partial charge in [0.05, 0.1) is 11.4 Å². The van der Waals surface area contributed by atoms with Gasteiger partial charge >= 0.3 is 0 Å². The predicted octanol–water partition coefficient (Wildman–Crippen LogP) is 4.60. The van der Waals surface area contributed by atoms with Crippen LogP contribution in [0.15, 0.2) is 48.5 Å². The number of fused-ring (bicyclic) bond motifs is 1. The third kappa shape index (κ3) is 3.96. The van der Waals surface area contributed by atoms with Gasteiger partial charge in [-0.05, 0) is 48.9 Å². The maximum Gasteiger partial charge on any atom is 0.263 e. The lowest BCUT2D eigenvalue weighted by atomic mass is 10.2. The van der Waals surface area contributed by atoms with E-state index in [1.54, 1.807) is 16.4 Å². The molecule has 1 aromatic heterocycles. The number of nitrogens with one attached hydrogen (secondary N) is 1. The van der Waals surface area contributed by atoms with Crippen molar-refractivity contribution in [3.63, 3.8) is 0 Å². The van der Waals surface area contributed by atoms with Gasteiger partial charge in [0.15, 0.2) is 6.61 Å². The Labute approximate surface area is 166 Å². The summed E-state index contributed by atoms with van der Waals surface area (Å²) in [4.78, 5) is 12.5. The van der Waals surface area contributed by atoms with E-state index in [1.165, 1.54) is 0 Å². The fraction of sp³-hybridized carbons (Fsp3) is 0.200. The molecule has 0 unspecified atom stereocenters. The Kier molecular flexibility index (Phi) is 5.09. The molecular formula is C20H18ClN3O2S. The van der Waals surface area contributed by atoms with Crippen LogP contribution in [0.25, 0.3) is 5.69 Å². The van der Waals surface area contributed by atoms with E-state index in [0.29, 0.717) is 16.6 Å². The minimum Gasteiger partial charge on any atom is -0.484 e. The molecule has 0 saturated carbocycles. The monoisotopic (exact) mass is 399 g/mol. The van der Waals surface area contributed by atoms with Crippen LogP contribution in [0.1, 0.15) is 16.8 Å². The van der Waals surface area contributed by atoms with E-state index in [-0.39, 0.29) is 12.5 Å². The number of anilines is 1. The molecule has 5 nitrogen and oxygen atoms in total. The van der Waals surface area contributed by atoms with Gasteiger partial charge in [-0.1, -0.05) is 23.7 Å². The minimum atomic E-state index is -0.216. The van der Waals surface area contributed by atoms with Gasteiger partial charge in [-0.2, -0.15) is 16.9 Å². The number of ether oxygens (including phenoxy) is 1. The lowest BCUT2D eigenvalue weighted by molar-refractivity contribution is -0.118. The van der Waals surface area contributed by atoms with Crippen molar-refractivity contribution in [1.29, 1.82) is 0 Å². The van der Waals surface area contributed by atoms with Crippen molar-refractivity contribution in [3.8, 4) is 11.4 Å². The maximum atomic E-state index is 12.5. The number of thioether (sulfide) groups is 1. The molecule has 27 heavy (non-hydrogen) atoms. The van der Waals surface area contributed by atoms with Crippen LogP contribution >= 0.6 is 23.4 Å². The highest BCUT2D eigenvalue weighted by molar-refractivity contribution is 7.98. The summed E-state index contributed by atoms with van der Waals surface area (Å²) in [5, 5.41) is 8.31. The standard InChI is InChI=1S/C20H18ClN3O2S/c1-13-3-2-4-16(9-13)26-10-19(25)22-20-17-11-27-12-18(17)23-24(20)15-7-5-14(21)6-8-15/h2-9H,10-12H2,1H3,(H,22,25). The summed E-state index contributed by atoms with van der Waals surface area (Å²) >= 11 is 7.78. The first-order chi connectivity index (χ1) is 13.1. The molecule has 0 spiro atoms. The summed E-state index contributed by atoms with van der Waals surface area (Å²) in [6.07, 6.45) is 0. The van der Waals surface area contributed by atoms with E-state index in [1.807, 2.05) is 55.5 Å². The Morgan fingerprint density at radius 3 is 2.85 bits per heavy atom. The number of benzene rings is 2. The second-order valence-corrected chi connectivity index (χ2v) is 7.73. The van der Waals surface area contributed by atoms with Crippen LogP contribution in [-0.2, 0) is 16.3 Å². The van der Waals surface area contributed by atoms with Gasteiger partial charge in [0.25, 0.3) is 5.91 Å². The number of amides is 1. The number of carbonyl (C=O) groups is 1. The van der Waals surface area contributed by atoms with E-state index in [0.717, 1.165) is 34.0 Å². The van der Waals surface area contributed by atoms with Crippen molar-refractivity contribution < 1.29 is 9.53 Å². The number of halogens is 1. The van der Waals surface area contributed by atoms with E-state index >= 15 is 0 Å². The van der Waals surface area contributed by atoms with Gasteiger partial charge in [-0.15, -0.1) is 0 Å². The molecule has 0 atom stereocenters. The molecule has 1 N–H and O–H groups in total. The van der Waals surface area contributed by atoms with E-state index < -0.39 is 0 Å². The zero-order valence-corrected chi connectivity index (χ0v) is 16.3. The molecule has 2 aromatic carbocycles. The quantitative estimate of drug-likeness (QED) is 0.681. The molecule has 0 aliphatic carbocycles. The SMILES string of the molecule is Cc1cccc(OCC(=O)Nc2c3c(nn2-c2ccc(Cl)cc2)CSC3)c1. The predicted molar refractivity (Wildman–Crippen MR) is 109 cm³/mol. The summed E-state index contributed by atoms with van der Waals surface area (Å²) < 4.78 is 7.38. The highest BCUT2D eigenvalue weighted by Crippen LogP contribution is 2.36. The van der Waals surface area contributed by atoms with Gasteiger partial charge in [0.1, 0.15) is 11.6 Å². The Hall–Kier alpha value is -2.44. The largest absolute Gasteiger partial charge is 0.484 e. The molecule has 1 aliphatic rings. The highest BCUT2D eigenvalue weighted by atomic mass is 35.5. The molecular weight excluding hydrogens is 382 g/mol. The fourth-order valence-corrected chi connectivity index (χ4v) is 4.09. The van der Waals surface area contributed by atoms with Crippen LogP contribution in [0.2, 0.25) is 5.02 Å². The lowest BCUT2D eigenvalue weighted by Crippen LogP contribution is -2.22. The zero-order chi connectivity index (χ0) is 18.8. The fourth-order valence-electron chi connectivity index (χ4n) is 2.93. The molecule has 1 aliphatic heterocycles. The van der Waals surface area contributed by atoms with Gasteiger partial charge < -0.3 is 10.1 Å². The summed E-state index contributed by atoms with van der Waals surface area (Å²) in [6, 6.07) is 15.0. The molecule has 4 rings (SSSR count). The second-order valence-electron chi connectivity index (χ2n) is 6.31. The average Bonchev–Trinajstić information content (AvgIpc) is 3.24. The number of hydrogen-bond donors (Lipinski definition) is 1. The smallest absolute Gasteiger partial charge is 0.263 e. The van der Waals surface area contributed by atoms with Crippen molar-refractivity contribution in [2.75, 3.05) is 11.9 Å². The molecule has 0 fully saturated rings. The first-order valence-corrected chi connectivity index (χ1v) is 10.1. The van der Waals surface area contributed by atoms with Crippen molar-refractivity contribution in [2.45, 2.75) is 18.4 Å². The zero-order valence-electron chi connectivity index (χ0n) is 14.7. The molecule has 3 aromatic rings. The van der Waals surface area contributed by atoms with Gasteiger partial charge in [-0.3, -0.25) is 4.79 Å². The van der Waals surface area contributed by atoms with Crippen LogP contribution in [0.3, 0.4) is 0 Å². The van der Waals surface area contributed by atoms with Gasteiger partial charge in [0.2, 0.25) is 0 Å². The van der Waals surface area contributed by atoms with Crippen molar-refractivity contribution in [1.82, 2.24) is 9.78 Å². The summed E-state index contributed by atoms with van der Waals surface area (Å²) in [7, 11) is 0. The van der Waals surface area contributed by atoms with Crippen molar-refractivity contribution in [3.05, 3.63) is 70.4 Å².